The first kappa shape index (κ1) is 17.6. The fourth-order valence-electron chi connectivity index (χ4n) is 2.56. The maximum absolute atomic E-state index is 12.2. The highest BCUT2D eigenvalue weighted by Crippen LogP contribution is 2.31. The van der Waals surface area contributed by atoms with E-state index >= 15 is 0 Å². The third kappa shape index (κ3) is 3.99. The Morgan fingerprint density at radius 2 is 1.93 bits per heavy atom. The lowest BCUT2D eigenvalue weighted by Crippen LogP contribution is -2.19. The van der Waals surface area contributed by atoms with E-state index in [9.17, 15) is 4.79 Å². The number of hydrogen-bond donors (Lipinski definition) is 1. The Morgan fingerprint density at radius 1 is 1.11 bits per heavy atom. The van der Waals surface area contributed by atoms with Gasteiger partial charge in [-0.25, -0.2) is 4.99 Å². The molecule has 0 radical (unpaired) electrons. The van der Waals surface area contributed by atoms with Gasteiger partial charge in [-0.15, -0.1) is 0 Å². The van der Waals surface area contributed by atoms with Crippen LogP contribution in [-0.2, 0) is 4.79 Å². The van der Waals surface area contributed by atoms with Crippen molar-refractivity contribution in [1.82, 2.24) is 5.32 Å². The van der Waals surface area contributed by atoms with Gasteiger partial charge in [-0.3, -0.25) is 4.79 Å². The van der Waals surface area contributed by atoms with Crippen molar-refractivity contribution in [2.24, 2.45) is 4.99 Å². The summed E-state index contributed by atoms with van der Waals surface area (Å²) in [5.41, 5.74) is 2.70. The number of para-hydroxylation sites is 1. The standard InChI is InChI=1S/C21H15ClN2O2S/c1-13-7-8-14(11-17(13)22)18-10-9-16(26-18)12-19-20(25)24-21(27-19)23-15-5-3-2-4-6-15/h2-12H,1H3,(H,23,24,25)/b19-12+. The molecule has 1 fully saturated rings. The molecule has 2 aromatic carbocycles. The number of aliphatic imine (C=N–C) groups is 1. The molecule has 0 spiro atoms. The molecule has 1 amide bonds. The molecule has 0 saturated carbocycles. The Bertz CT molecular complexity index is 1070. The van der Waals surface area contributed by atoms with Crippen LogP contribution >= 0.6 is 23.4 Å². The molecular weight excluding hydrogens is 380 g/mol. The zero-order chi connectivity index (χ0) is 18.8. The summed E-state index contributed by atoms with van der Waals surface area (Å²) >= 11 is 7.47. The van der Waals surface area contributed by atoms with Crippen LogP contribution in [0.5, 0.6) is 0 Å². The first-order valence-electron chi connectivity index (χ1n) is 8.29. The van der Waals surface area contributed by atoms with E-state index < -0.39 is 0 Å². The lowest BCUT2D eigenvalue weighted by Gasteiger charge is -2.00. The van der Waals surface area contributed by atoms with E-state index in [0.717, 1.165) is 16.8 Å². The molecule has 1 aliphatic rings. The normalized spacial score (nSPS) is 16.9. The van der Waals surface area contributed by atoms with Gasteiger partial charge < -0.3 is 9.73 Å². The molecule has 4 rings (SSSR count). The summed E-state index contributed by atoms with van der Waals surface area (Å²) in [4.78, 5) is 17.2. The van der Waals surface area contributed by atoms with E-state index in [-0.39, 0.29) is 5.91 Å². The quantitative estimate of drug-likeness (QED) is 0.571. The molecule has 3 aromatic rings. The Morgan fingerprint density at radius 3 is 2.70 bits per heavy atom. The largest absolute Gasteiger partial charge is 0.457 e. The number of nitrogens with one attached hydrogen (secondary N) is 1. The number of furan rings is 1. The first-order valence-corrected chi connectivity index (χ1v) is 9.49. The van der Waals surface area contributed by atoms with Crippen LogP contribution in [0, 0.1) is 6.92 Å². The van der Waals surface area contributed by atoms with Gasteiger partial charge in [0.2, 0.25) is 0 Å². The Balaban J connectivity index is 1.55. The fraction of sp³-hybridized carbons (Fsp3) is 0.0476. The molecular formula is C21H15ClN2O2S. The van der Waals surface area contributed by atoms with Gasteiger partial charge in [0.25, 0.3) is 5.91 Å². The number of rotatable bonds is 3. The van der Waals surface area contributed by atoms with Crippen molar-refractivity contribution in [2.45, 2.75) is 6.92 Å². The van der Waals surface area contributed by atoms with Crippen molar-refractivity contribution < 1.29 is 9.21 Å². The summed E-state index contributed by atoms with van der Waals surface area (Å²) in [7, 11) is 0. The molecule has 0 aliphatic carbocycles. The molecule has 2 heterocycles. The summed E-state index contributed by atoms with van der Waals surface area (Å²) in [6.45, 7) is 1.95. The molecule has 1 aliphatic heterocycles. The van der Waals surface area contributed by atoms with Gasteiger partial charge >= 0.3 is 0 Å². The molecule has 27 heavy (non-hydrogen) atoms. The third-order valence-electron chi connectivity index (χ3n) is 3.99. The lowest BCUT2D eigenvalue weighted by atomic mass is 10.1. The monoisotopic (exact) mass is 394 g/mol. The van der Waals surface area contributed by atoms with E-state index in [2.05, 4.69) is 10.3 Å². The Kier molecular flexibility index (Phi) is 4.88. The molecule has 134 valence electrons. The van der Waals surface area contributed by atoms with Crippen LogP contribution in [0.1, 0.15) is 11.3 Å². The summed E-state index contributed by atoms with van der Waals surface area (Å²) in [6.07, 6.45) is 1.72. The molecule has 0 unspecified atom stereocenters. The molecule has 1 N–H and O–H groups in total. The highest BCUT2D eigenvalue weighted by molar-refractivity contribution is 8.18. The van der Waals surface area contributed by atoms with Crippen LogP contribution < -0.4 is 5.32 Å². The SMILES string of the molecule is Cc1ccc(-c2ccc(/C=C3/SC(=Nc4ccccc4)NC3=O)o2)cc1Cl. The van der Waals surface area contributed by atoms with Crippen LogP contribution in [-0.4, -0.2) is 11.1 Å². The molecule has 0 atom stereocenters. The van der Waals surface area contributed by atoms with Crippen LogP contribution in [0.15, 0.2) is 75.0 Å². The third-order valence-corrected chi connectivity index (χ3v) is 5.31. The summed E-state index contributed by atoms with van der Waals surface area (Å²) in [5.74, 6) is 1.11. The van der Waals surface area contributed by atoms with Crippen molar-refractivity contribution >= 4 is 46.2 Å². The van der Waals surface area contributed by atoms with Gasteiger partial charge in [0, 0.05) is 16.7 Å². The van der Waals surface area contributed by atoms with Crippen molar-refractivity contribution in [3.05, 3.63) is 81.9 Å². The number of thioether (sulfide) groups is 1. The number of aryl methyl sites for hydroxylation is 1. The van der Waals surface area contributed by atoms with Crippen molar-refractivity contribution in [3.8, 4) is 11.3 Å². The van der Waals surface area contributed by atoms with E-state index in [1.807, 2.05) is 67.6 Å². The number of hydrogen-bond acceptors (Lipinski definition) is 4. The van der Waals surface area contributed by atoms with Gasteiger partial charge in [0.1, 0.15) is 11.5 Å². The van der Waals surface area contributed by atoms with Gasteiger partial charge in [0.15, 0.2) is 5.17 Å². The number of amides is 1. The number of halogens is 1. The van der Waals surface area contributed by atoms with E-state index in [1.165, 1.54) is 11.8 Å². The minimum atomic E-state index is -0.189. The summed E-state index contributed by atoms with van der Waals surface area (Å²) in [5, 5.41) is 4.01. The van der Waals surface area contributed by atoms with Gasteiger partial charge in [-0.2, -0.15) is 0 Å². The maximum Gasteiger partial charge on any atom is 0.264 e. The zero-order valence-corrected chi connectivity index (χ0v) is 16.0. The van der Waals surface area contributed by atoms with Crippen LogP contribution in [0.3, 0.4) is 0 Å². The van der Waals surface area contributed by atoms with Crippen LogP contribution in [0.4, 0.5) is 5.69 Å². The smallest absolute Gasteiger partial charge is 0.264 e. The predicted octanol–water partition coefficient (Wildman–Crippen LogP) is 5.80. The second-order valence-corrected chi connectivity index (χ2v) is 7.42. The van der Waals surface area contributed by atoms with Crippen molar-refractivity contribution in [1.29, 1.82) is 0 Å². The predicted molar refractivity (Wildman–Crippen MR) is 111 cm³/mol. The fourth-order valence-corrected chi connectivity index (χ4v) is 3.56. The maximum atomic E-state index is 12.2. The number of benzene rings is 2. The second kappa shape index (κ2) is 7.47. The minimum absolute atomic E-state index is 0.189. The topological polar surface area (TPSA) is 54.6 Å². The highest BCUT2D eigenvalue weighted by Gasteiger charge is 2.24. The van der Waals surface area contributed by atoms with Gasteiger partial charge in [0.05, 0.1) is 10.6 Å². The molecule has 6 heteroatoms. The number of carbonyl (C=O) groups excluding carboxylic acids is 1. The van der Waals surface area contributed by atoms with E-state index in [0.29, 0.717) is 26.6 Å². The van der Waals surface area contributed by atoms with Gasteiger partial charge in [-0.05, 0) is 54.6 Å². The van der Waals surface area contributed by atoms with E-state index in [1.54, 1.807) is 6.08 Å². The first-order chi connectivity index (χ1) is 13.1. The number of amidine groups is 1. The summed E-state index contributed by atoms with van der Waals surface area (Å²) < 4.78 is 5.86. The minimum Gasteiger partial charge on any atom is -0.457 e. The summed E-state index contributed by atoms with van der Waals surface area (Å²) in [6, 6.07) is 19.0. The van der Waals surface area contributed by atoms with E-state index in [4.69, 9.17) is 16.0 Å². The average molecular weight is 395 g/mol. The van der Waals surface area contributed by atoms with Crippen molar-refractivity contribution in [2.75, 3.05) is 0 Å². The van der Waals surface area contributed by atoms with Gasteiger partial charge in [-0.1, -0.05) is 41.9 Å². The van der Waals surface area contributed by atoms with Crippen molar-refractivity contribution in [3.63, 3.8) is 0 Å². The Hall–Kier alpha value is -2.76. The molecule has 1 saturated heterocycles. The zero-order valence-electron chi connectivity index (χ0n) is 14.4. The molecule has 0 bridgehead atoms. The molecule has 1 aromatic heterocycles. The second-order valence-electron chi connectivity index (χ2n) is 5.98. The van der Waals surface area contributed by atoms with Crippen LogP contribution in [0.2, 0.25) is 5.02 Å². The molecule has 4 nitrogen and oxygen atoms in total. The van der Waals surface area contributed by atoms with Crippen LogP contribution in [0.25, 0.3) is 17.4 Å². The number of carbonyl (C=O) groups is 1. The highest BCUT2D eigenvalue weighted by atomic mass is 35.5. The Labute approximate surface area is 166 Å². The number of nitrogens with zero attached hydrogens (tertiary/aromatic N) is 1. The average Bonchev–Trinajstić information content (AvgIpc) is 3.26. The lowest BCUT2D eigenvalue weighted by molar-refractivity contribution is -0.115.